The monoisotopic (exact) mass is 282 g/mol. The Balaban J connectivity index is 2.11. The number of amides is 1. The Kier molecular flexibility index (Phi) is 4.81. The summed E-state index contributed by atoms with van der Waals surface area (Å²) in [6.07, 6.45) is 1.85. The minimum Gasteiger partial charge on any atom is -0.384 e. The topological polar surface area (TPSA) is 45.5 Å². The summed E-state index contributed by atoms with van der Waals surface area (Å²) in [5, 5.41) is 8.72. The number of aryl methyl sites for hydroxylation is 1. The van der Waals surface area contributed by atoms with E-state index >= 15 is 0 Å². The second-order valence-corrected chi connectivity index (χ2v) is 4.83. The van der Waals surface area contributed by atoms with E-state index in [1.54, 1.807) is 11.9 Å². The number of hydrogen-bond donors (Lipinski definition) is 1. The Morgan fingerprint density at radius 2 is 2.14 bits per heavy atom. The molecule has 0 aliphatic heterocycles. The van der Waals surface area contributed by atoms with Crippen LogP contribution in [0.2, 0.25) is 0 Å². The zero-order valence-corrected chi connectivity index (χ0v) is 12.2. The highest BCUT2D eigenvalue weighted by Crippen LogP contribution is 2.10. The lowest BCUT2D eigenvalue weighted by molar-refractivity contribution is 0.0775. The van der Waals surface area contributed by atoms with Gasteiger partial charge in [-0.25, -0.2) is 0 Å². The number of carbonyl (C=O) groups is 1. The fraction of sp³-hybridized carbons (Fsp3) is 0.235. The van der Waals surface area contributed by atoms with Crippen molar-refractivity contribution in [3.05, 3.63) is 59.4 Å². The molecule has 4 nitrogen and oxygen atoms in total. The Hall–Kier alpha value is -2.51. The SMILES string of the molecule is CN(Cc1cccc(C#CCO)c1)C(=O)c1cccn1C. The standard InChI is InChI=1S/C17H18N2O2/c1-18-10-4-9-16(18)17(21)19(2)13-15-7-3-6-14(12-15)8-5-11-20/h3-4,6-7,9-10,12,20H,11,13H2,1-2H3. The van der Waals surface area contributed by atoms with Crippen LogP contribution in [0, 0.1) is 11.8 Å². The Morgan fingerprint density at radius 3 is 2.81 bits per heavy atom. The van der Waals surface area contributed by atoms with Crippen LogP contribution in [0.4, 0.5) is 0 Å². The number of hydrogen-bond acceptors (Lipinski definition) is 2. The summed E-state index contributed by atoms with van der Waals surface area (Å²) in [5.41, 5.74) is 2.50. The zero-order valence-electron chi connectivity index (χ0n) is 12.2. The molecule has 1 amide bonds. The third-order valence-corrected chi connectivity index (χ3v) is 3.17. The van der Waals surface area contributed by atoms with E-state index < -0.39 is 0 Å². The number of nitrogens with zero attached hydrogens (tertiary/aromatic N) is 2. The molecule has 21 heavy (non-hydrogen) atoms. The van der Waals surface area contributed by atoms with E-state index in [0.717, 1.165) is 11.1 Å². The number of aliphatic hydroxyl groups is 1. The first kappa shape index (κ1) is 14.9. The molecule has 0 aliphatic carbocycles. The average molecular weight is 282 g/mol. The van der Waals surface area contributed by atoms with Crippen LogP contribution in [0.1, 0.15) is 21.6 Å². The van der Waals surface area contributed by atoms with E-state index in [-0.39, 0.29) is 12.5 Å². The van der Waals surface area contributed by atoms with Crippen molar-refractivity contribution in [1.82, 2.24) is 9.47 Å². The van der Waals surface area contributed by atoms with E-state index in [2.05, 4.69) is 11.8 Å². The Morgan fingerprint density at radius 1 is 1.33 bits per heavy atom. The summed E-state index contributed by atoms with van der Waals surface area (Å²) in [5.74, 6) is 5.47. The van der Waals surface area contributed by atoms with E-state index in [1.165, 1.54) is 0 Å². The third-order valence-electron chi connectivity index (χ3n) is 3.17. The van der Waals surface area contributed by atoms with Crippen LogP contribution in [0.3, 0.4) is 0 Å². The first-order valence-corrected chi connectivity index (χ1v) is 6.67. The van der Waals surface area contributed by atoms with Gasteiger partial charge in [-0.15, -0.1) is 0 Å². The van der Waals surface area contributed by atoms with Crippen molar-refractivity contribution in [2.24, 2.45) is 7.05 Å². The summed E-state index contributed by atoms with van der Waals surface area (Å²) in [6, 6.07) is 11.3. The molecule has 2 rings (SSSR count). The summed E-state index contributed by atoms with van der Waals surface area (Å²) in [4.78, 5) is 14.0. The van der Waals surface area contributed by atoms with Crippen LogP contribution in [0.5, 0.6) is 0 Å². The van der Waals surface area contributed by atoms with Gasteiger partial charge in [-0.2, -0.15) is 0 Å². The molecule has 1 N–H and O–H groups in total. The van der Waals surface area contributed by atoms with Crippen LogP contribution < -0.4 is 0 Å². The van der Waals surface area contributed by atoms with Crippen LogP contribution in [0.25, 0.3) is 0 Å². The molecule has 0 saturated heterocycles. The Bertz CT molecular complexity index is 692. The van der Waals surface area contributed by atoms with Gasteiger partial charge in [0.1, 0.15) is 12.3 Å². The van der Waals surface area contributed by atoms with Gasteiger partial charge in [-0.3, -0.25) is 4.79 Å². The molecule has 108 valence electrons. The van der Waals surface area contributed by atoms with Crippen molar-refractivity contribution in [3.63, 3.8) is 0 Å². The number of aliphatic hydroxyl groups excluding tert-OH is 1. The van der Waals surface area contributed by atoms with Crippen molar-refractivity contribution in [2.45, 2.75) is 6.54 Å². The van der Waals surface area contributed by atoms with Crippen molar-refractivity contribution >= 4 is 5.91 Å². The molecule has 0 bridgehead atoms. The maximum atomic E-state index is 12.3. The number of rotatable bonds is 3. The van der Waals surface area contributed by atoms with Crippen LogP contribution in [-0.4, -0.2) is 34.1 Å². The smallest absolute Gasteiger partial charge is 0.270 e. The quantitative estimate of drug-likeness (QED) is 0.870. The molecule has 0 atom stereocenters. The van der Waals surface area contributed by atoms with Gasteiger partial charge in [0.25, 0.3) is 5.91 Å². The normalized spacial score (nSPS) is 9.86. The van der Waals surface area contributed by atoms with Gasteiger partial charge in [-0.1, -0.05) is 24.0 Å². The van der Waals surface area contributed by atoms with Gasteiger partial charge in [0.05, 0.1) is 0 Å². The van der Waals surface area contributed by atoms with Crippen molar-refractivity contribution in [1.29, 1.82) is 0 Å². The average Bonchev–Trinajstić information content (AvgIpc) is 2.90. The molecule has 0 unspecified atom stereocenters. The maximum Gasteiger partial charge on any atom is 0.270 e. The molecular weight excluding hydrogens is 264 g/mol. The maximum absolute atomic E-state index is 12.3. The van der Waals surface area contributed by atoms with Gasteiger partial charge in [0.15, 0.2) is 0 Å². The second-order valence-electron chi connectivity index (χ2n) is 4.83. The highest BCUT2D eigenvalue weighted by molar-refractivity contribution is 5.92. The molecule has 0 radical (unpaired) electrons. The second kappa shape index (κ2) is 6.78. The van der Waals surface area contributed by atoms with E-state index in [4.69, 9.17) is 5.11 Å². The molecule has 0 saturated carbocycles. The minimum atomic E-state index is -0.157. The summed E-state index contributed by atoms with van der Waals surface area (Å²) >= 11 is 0. The molecule has 1 heterocycles. The van der Waals surface area contributed by atoms with Gasteiger partial charge in [-0.05, 0) is 29.8 Å². The van der Waals surface area contributed by atoms with E-state index in [9.17, 15) is 4.79 Å². The molecule has 1 aromatic carbocycles. The first-order valence-electron chi connectivity index (χ1n) is 6.67. The van der Waals surface area contributed by atoms with Crippen molar-refractivity contribution in [3.8, 4) is 11.8 Å². The van der Waals surface area contributed by atoms with Gasteiger partial charge >= 0.3 is 0 Å². The van der Waals surface area contributed by atoms with Crippen LogP contribution in [0.15, 0.2) is 42.6 Å². The lowest BCUT2D eigenvalue weighted by Gasteiger charge is -2.17. The highest BCUT2D eigenvalue weighted by Gasteiger charge is 2.14. The van der Waals surface area contributed by atoms with E-state index in [0.29, 0.717) is 12.2 Å². The first-order chi connectivity index (χ1) is 10.1. The predicted molar refractivity (Wildman–Crippen MR) is 81.6 cm³/mol. The fourth-order valence-corrected chi connectivity index (χ4v) is 2.11. The lowest BCUT2D eigenvalue weighted by Crippen LogP contribution is -2.27. The predicted octanol–water partition coefficient (Wildman–Crippen LogP) is 1.64. The van der Waals surface area contributed by atoms with Crippen molar-refractivity contribution in [2.75, 3.05) is 13.7 Å². The highest BCUT2D eigenvalue weighted by atomic mass is 16.2. The summed E-state index contributed by atoms with van der Waals surface area (Å²) in [7, 11) is 3.63. The van der Waals surface area contributed by atoms with Crippen LogP contribution >= 0.6 is 0 Å². The third kappa shape index (κ3) is 3.74. The molecule has 0 spiro atoms. The summed E-state index contributed by atoms with van der Waals surface area (Å²) in [6.45, 7) is 0.356. The van der Waals surface area contributed by atoms with Gasteiger partial charge < -0.3 is 14.6 Å². The summed E-state index contributed by atoms with van der Waals surface area (Å²) < 4.78 is 1.81. The van der Waals surface area contributed by atoms with Gasteiger partial charge in [0, 0.05) is 32.4 Å². The van der Waals surface area contributed by atoms with Gasteiger partial charge in [0.2, 0.25) is 0 Å². The molecule has 1 aromatic heterocycles. The largest absolute Gasteiger partial charge is 0.384 e. The van der Waals surface area contributed by atoms with E-state index in [1.807, 2.05) is 54.2 Å². The fourth-order valence-electron chi connectivity index (χ4n) is 2.11. The Labute approximate surface area is 124 Å². The molecule has 2 aromatic rings. The lowest BCUT2D eigenvalue weighted by atomic mass is 10.1. The molecule has 4 heteroatoms. The van der Waals surface area contributed by atoms with Crippen molar-refractivity contribution < 1.29 is 9.90 Å². The van der Waals surface area contributed by atoms with Crippen LogP contribution in [-0.2, 0) is 13.6 Å². The minimum absolute atomic E-state index is 0.0191. The number of aromatic nitrogens is 1. The molecule has 0 fully saturated rings. The molecule has 0 aliphatic rings. The number of benzene rings is 1. The molecular formula is C17H18N2O2. The number of carbonyl (C=O) groups excluding carboxylic acids is 1. The zero-order chi connectivity index (χ0) is 15.2.